The van der Waals surface area contributed by atoms with E-state index in [0.717, 1.165) is 19.4 Å². The second kappa shape index (κ2) is 8.11. The zero-order valence-corrected chi connectivity index (χ0v) is 12.1. The van der Waals surface area contributed by atoms with Gasteiger partial charge in [-0.2, -0.15) is 0 Å². The molecular formula is C13H19BrN2O2. The molecule has 18 heavy (non-hydrogen) atoms. The Morgan fingerprint density at radius 2 is 2.22 bits per heavy atom. The minimum atomic E-state index is -0.145. The summed E-state index contributed by atoms with van der Waals surface area (Å²) < 4.78 is 6.00. The second-order valence-electron chi connectivity index (χ2n) is 3.93. The minimum Gasteiger partial charge on any atom is -0.398 e. The molecule has 3 N–H and O–H groups in total. The Hall–Kier alpha value is -1.07. The summed E-state index contributed by atoms with van der Waals surface area (Å²) in [5, 5.41) is 2.79. The van der Waals surface area contributed by atoms with Gasteiger partial charge in [0.05, 0.1) is 16.6 Å². The Morgan fingerprint density at radius 3 is 2.94 bits per heavy atom. The lowest BCUT2D eigenvalue weighted by atomic mass is 10.2. The summed E-state index contributed by atoms with van der Waals surface area (Å²) in [6, 6.07) is 5.23. The molecule has 0 aliphatic rings. The first-order valence-corrected chi connectivity index (χ1v) is 6.86. The highest BCUT2D eigenvalue weighted by Gasteiger charge is 2.10. The summed E-state index contributed by atoms with van der Waals surface area (Å²) >= 11 is 3.31. The van der Waals surface area contributed by atoms with E-state index in [1.807, 2.05) is 0 Å². The van der Waals surface area contributed by atoms with Crippen LogP contribution in [0.3, 0.4) is 0 Å². The standard InChI is InChI=1S/C13H19BrN2O2/c1-2-3-8-18-9-7-16-13(17)10-5-4-6-11(15)12(10)14/h4-6H,2-3,7-9,15H2,1H3,(H,16,17). The molecule has 5 heteroatoms. The largest absolute Gasteiger partial charge is 0.398 e. The third-order valence-corrected chi connectivity index (χ3v) is 3.33. The van der Waals surface area contributed by atoms with Gasteiger partial charge in [0, 0.05) is 18.8 Å². The summed E-state index contributed by atoms with van der Waals surface area (Å²) in [6.45, 7) is 3.90. The van der Waals surface area contributed by atoms with Crippen LogP contribution in [0.1, 0.15) is 30.1 Å². The number of anilines is 1. The monoisotopic (exact) mass is 314 g/mol. The van der Waals surface area contributed by atoms with E-state index in [9.17, 15) is 4.79 Å². The molecule has 0 saturated carbocycles. The van der Waals surface area contributed by atoms with Crippen LogP contribution in [0.4, 0.5) is 5.69 Å². The number of benzene rings is 1. The van der Waals surface area contributed by atoms with Crippen LogP contribution in [0.5, 0.6) is 0 Å². The van der Waals surface area contributed by atoms with Crippen molar-refractivity contribution in [3.8, 4) is 0 Å². The van der Waals surface area contributed by atoms with Crippen LogP contribution in [0, 0.1) is 0 Å². The van der Waals surface area contributed by atoms with Crippen molar-refractivity contribution in [2.75, 3.05) is 25.5 Å². The van der Waals surface area contributed by atoms with Gasteiger partial charge < -0.3 is 15.8 Å². The smallest absolute Gasteiger partial charge is 0.252 e. The Labute approximate surface area is 116 Å². The Kier molecular flexibility index (Phi) is 6.75. The SMILES string of the molecule is CCCCOCCNC(=O)c1cccc(N)c1Br. The summed E-state index contributed by atoms with van der Waals surface area (Å²) in [7, 11) is 0. The molecule has 0 saturated heterocycles. The molecule has 1 aromatic rings. The minimum absolute atomic E-state index is 0.145. The third kappa shape index (κ3) is 4.66. The second-order valence-corrected chi connectivity index (χ2v) is 4.72. The summed E-state index contributed by atoms with van der Waals surface area (Å²) in [5.41, 5.74) is 6.82. The highest BCUT2D eigenvalue weighted by molar-refractivity contribution is 9.10. The zero-order chi connectivity index (χ0) is 13.4. The molecule has 0 heterocycles. The molecule has 0 fully saturated rings. The van der Waals surface area contributed by atoms with Crippen molar-refractivity contribution in [3.05, 3.63) is 28.2 Å². The molecule has 0 spiro atoms. The lowest BCUT2D eigenvalue weighted by Gasteiger charge is -2.08. The first-order chi connectivity index (χ1) is 8.66. The number of ether oxygens (including phenoxy) is 1. The van der Waals surface area contributed by atoms with Gasteiger partial charge in [0.15, 0.2) is 0 Å². The molecule has 4 nitrogen and oxygen atoms in total. The molecule has 1 amide bonds. The fourth-order valence-electron chi connectivity index (χ4n) is 1.41. The molecule has 100 valence electrons. The molecule has 0 unspecified atom stereocenters. The van der Waals surface area contributed by atoms with Crippen LogP contribution >= 0.6 is 15.9 Å². The molecule has 1 rings (SSSR count). The number of carbonyl (C=O) groups is 1. The highest BCUT2D eigenvalue weighted by atomic mass is 79.9. The maximum atomic E-state index is 11.9. The number of hydrogen-bond acceptors (Lipinski definition) is 3. The van der Waals surface area contributed by atoms with Gasteiger partial charge in [-0.3, -0.25) is 4.79 Å². The van der Waals surface area contributed by atoms with Crippen LogP contribution in [0.2, 0.25) is 0 Å². The van der Waals surface area contributed by atoms with Gasteiger partial charge in [0.1, 0.15) is 0 Å². The summed E-state index contributed by atoms with van der Waals surface area (Å²) in [5.74, 6) is -0.145. The predicted octanol–water partition coefficient (Wildman–Crippen LogP) is 2.58. The lowest BCUT2D eigenvalue weighted by Crippen LogP contribution is -2.27. The fraction of sp³-hybridized carbons (Fsp3) is 0.462. The number of amides is 1. The van der Waals surface area contributed by atoms with Crippen molar-refractivity contribution >= 4 is 27.5 Å². The average molecular weight is 315 g/mol. The normalized spacial score (nSPS) is 10.3. The van der Waals surface area contributed by atoms with Crippen molar-refractivity contribution in [2.45, 2.75) is 19.8 Å². The van der Waals surface area contributed by atoms with E-state index in [2.05, 4.69) is 28.2 Å². The maximum absolute atomic E-state index is 11.9. The van der Waals surface area contributed by atoms with Gasteiger partial charge in [0.2, 0.25) is 0 Å². The molecule has 0 aromatic heterocycles. The number of nitrogen functional groups attached to an aromatic ring is 1. The van der Waals surface area contributed by atoms with Gasteiger partial charge in [-0.05, 0) is 34.5 Å². The van der Waals surface area contributed by atoms with E-state index in [1.165, 1.54) is 0 Å². The van der Waals surface area contributed by atoms with Crippen LogP contribution in [-0.4, -0.2) is 25.7 Å². The molecule has 0 aliphatic carbocycles. The van der Waals surface area contributed by atoms with Crippen molar-refractivity contribution in [3.63, 3.8) is 0 Å². The number of unbranched alkanes of at least 4 members (excludes halogenated alkanes) is 1. The van der Waals surface area contributed by atoms with Crippen LogP contribution in [-0.2, 0) is 4.74 Å². The van der Waals surface area contributed by atoms with E-state index < -0.39 is 0 Å². The highest BCUT2D eigenvalue weighted by Crippen LogP contribution is 2.23. The number of hydrogen-bond donors (Lipinski definition) is 2. The quantitative estimate of drug-likeness (QED) is 0.600. The van der Waals surface area contributed by atoms with Gasteiger partial charge >= 0.3 is 0 Å². The number of rotatable bonds is 7. The number of carbonyl (C=O) groups excluding carboxylic acids is 1. The van der Waals surface area contributed by atoms with E-state index >= 15 is 0 Å². The molecule has 0 radical (unpaired) electrons. The van der Waals surface area contributed by atoms with Gasteiger partial charge in [-0.15, -0.1) is 0 Å². The molecular weight excluding hydrogens is 296 g/mol. The topological polar surface area (TPSA) is 64.3 Å². The molecule has 0 bridgehead atoms. The van der Waals surface area contributed by atoms with Gasteiger partial charge in [-0.25, -0.2) is 0 Å². The van der Waals surface area contributed by atoms with E-state index in [-0.39, 0.29) is 5.91 Å². The Morgan fingerprint density at radius 1 is 1.44 bits per heavy atom. The van der Waals surface area contributed by atoms with E-state index in [0.29, 0.717) is 28.9 Å². The summed E-state index contributed by atoms with van der Waals surface area (Å²) in [6.07, 6.45) is 2.16. The van der Waals surface area contributed by atoms with Crippen LogP contribution in [0.15, 0.2) is 22.7 Å². The number of halogens is 1. The van der Waals surface area contributed by atoms with Crippen LogP contribution in [0.25, 0.3) is 0 Å². The van der Waals surface area contributed by atoms with Crippen molar-refractivity contribution in [1.82, 2.24) is 5.32 Å². The Bertz CT molecular complexity index is 397. The maximum Gasteiger partial charge on any atom is 0.252 e. The average Bonchev–Trinajstić information content (AvgIpc) is 2.36. The predicted molar refractivity (Wildman–Crippen MR) is 76.6 cm³/mol. The first-order valence-electron chi connectivity index (χ1n) is 6.06. The zero-order valence-electron chi connectivity index (χ0n) is 10.5. The number of nitrogens with one attached hydrogen (secondary N) is 1. The van der Waals surface area contributed by atoms with Crippen molar-refractivity contribution < 1.29 is 9.53 Å². The number of nitrogens with two attached hydrogens (primary N) is 1. The van der Waals surface area contributed by atoms with Crippen molar-refractivity contribution in [1.29, 1.82) is 0 Å². The third-order valence-electron chi connectivity index (χ3n) is 2.45. The van der Waals surface area contributed by atoms with E-state index in [1.54, 1.807) is 18.2 Å². The lowest BCUT2D eigenvalue weighted by molar-refractivity contribution is 0.0912. The van der Waals surface area contributed by atoms with Gasteiger partial charge in [-0.1, -0.05) is 19.4 Å². The van der Waals surface area contributed by atoms with Crippen molar-refractivity contribution in [2.24, 2.45) is 0 Å². The van der Waals surface area contributed by atoms with E-state index in [4.69, 9.17) is 10.5 Å². The summed E-state index contributed by atoms with van der Waals surface area (Å²) in [4.78, 5) is 11.9. The first kappa shape index (κ1) is 15.0. The molecule has 0 atom stereocenters. The van der Waals surface area contributed by atoms with Gasteiger partial charge in [0.25, 0.3) is 5.91 Å². The molecule has 1 aromatic carbocycles. The Balaban J connectivity index is 2.35. The molecule has 0 aliphatic heterocycles. The van der Waals surface area contributed by atoms with Crippen LogP contribution < -0.4 is 11.1 Å². The fourth-order valence-corrected chi connectivity index (χ4v) is 1.85.